The molecule has 0 aliphatic rings. The van der Waals surface area contributed by atoms with Gasteiger partial charge in [-0.1, -0.05) is 6.07 Å². The first kappa shape index (κ1) is 14.6. The van der Waals surface area contributed by atoms with E-state index in [0.29, 0.717) is 11.3 Å². The number of carbonyl (C=O) groups is 1. The van der Waals surface area contributed by atoms with Gasteiger partial charge in [0.2, 0.25) is 0 Å². The minimum absolute atomic E-state index is 0.0365. The van der Waals surface area contributed by atoms with Crippen LogP contribution in [0.4, 0.5) is 14.5 Å². The summed E-state index contributed by atoms with van der Waals surface area (Å²) in [7, 11) is 0. The van der Waals surface area contributed by atoms with Gasteiger partial charge < -0.3 is 5.73 Å². The number of nitrogen functional groups attached to an aromatic ring is 1. The molecule has 2 aromatic carbocycles. The van der Waals surface area contributed by atoms with Crippen LogP contribution in [-0.2, 0) is 0 Å². The average molecular weight is 289 g/mol. The minimum atomic E-state index is -0.738. The predicted molar refractivity (Wildman–Crippen MR) is 76.9 cm³/mol. The zero-order valence-electron chi connectivity index (χ0n) is 11.2. The van der Waals surface area contributed by atoms with Crippen LogP contribution >= 0.6 is 0 Å². The van der Waals surface area contributed by atoms with Crippen molar-refractivity contribution in [3.63, 3.8) is 0 Å². The summed E-state index contributed by atoms with van der Waals surface area (Å²) in [5.41, 5.74) is 8.40. The lowest BCUT2D eigenvalue weighted by Crippen LogP contribution is -2.20. The third-order valence-corrected chi connectivity index (χ3v) is 2.82. The second kappa shape index (κ2) is 6.13. The van der Waals surface area contributed by atoms with Gasteiger partial charge >= 0.3 is 0 Å². The Hall–Kier alpha value is -2.76. The number of benzene rings is 2. The lowest BCUT2D eigenvalue weighted by Gasteiger charge is -2.05. The first-order valence-corrected chi connectivity index (χ1v) is 6.13. The van der Waals surface area contributed by atoms with Crippen molar-refractivity contribution in [2.24, 2.45) is 5.10 Å². The molecule has 0 heterocycles. The third-order valence-electron chi connectivity index (χ3n) is 2.82. The zero-order valence-corrected chi connectivity index (χ0v) is 11.2. The quantitative estimate of drug-likeness (QED) is 0.518. The molecular formula is C15H13F2N3O. The maximum atomic E-state index is 13.5. The Morgan fingerprint density at radius 2 is 1.67 bits per heavy atom. The number of nitrogens with two attached hydrogens (primary N) is 1. The van der Waals surface area contributed by atoms with E-state index < -0.39 is 17.5 Å². The van der Waals surface area contributed by atoms with Crippen LogP contribution in [-0.4, -0.2) is 11.6 Å². The molecule has 0 aliphatic carbocycles. The molecule has 0 fully saturated rings. The van der Waals surface area contributed by atoms with Gasteiger partial charge in [0, 0.05) is 11.3 Å². The molecule has 108 valence electrons. The lowest BCUT2D eigenvalue weighted by atomic mass is 10.1. The van der Waals surface area contributed by atoms with Gasteiger partial charge in [-0.3, -0.25) is 4.79 Å². The van der Waals surface area contributed by atoms with Crippen LogP contribution in [0.1, 0.15) is 22.8 Å². The zero-order chi connectivity index (χ0) is 15.4. The molecule has 0 unspecified atom stereocenters. The molecule has 0 radical (unpaired) electrons. The van der Waals surface area contributed by atoms with E-state index in [-0.39, 0.29) is 11.3 Å². The molecule has 3 N–H and O–H groups in total. The van der Waals surface area contributed by atoms with Gasteiger partial charge in [-0.25, -0.2) is 14.2 Å². The van der Waals surface area contributed by atoms with E-state index in [2.05, 4.69) is 10.5 Å². The number of hydrazone groups is 1. The highest BCUT2D eigenvalue weighted by Gasteiger charge is 2.12. The van der Waals surface area contributed by atoms with E-state index in [1.54, 1.807) is 12.1 Å². The molecule has 0 aromatic heterocycles. The molecule has 21 heavy (non-hydrogen) atoms. The molecule has 6 heteroatoms. The molecule has 2 rings (SSSR count). The largest absolute Gasteiger partial charge is 0.399 e. The minimum Gasteiger partial charge on any atom is -0.399 e. The smallest absolute Gasteiger partial charge is 0.271 e. The van der Waals surface area contributed by atoms with Crippen molar-refractivity contribution in [3.8, 4) is 0 Å². The van der Waals surface area contributed by atoms with E-state index >= 15 is 0 Å². The van der Waals surface area contributed by atoms with Crippen LogP contribution in [0.5, 0.6) is 0 Å². The number of nitrogens with one attached hydrogen (secondary N) is 1. The lowest BCUT2D eigenvalue weighted by molar-refractivity contribution is 0.0955. The second-order valence-corrected chi connectivity index (χ2v) is 4.36. The SMILES string of the molecule is C/C(=N/NC(=O)c1ccc(N)cc1)c1c(F)cccc1F. The van der Waals surface area contributed by atoms with E-state index in [4.69, 9.17) is 5.73 Å². The number of halogens is 2. The highest BCUT2D eigenvalue weighted by molar-refractivity contribution is 6.01. The van der Waals surface area contributed by atoms with E-state index in [0.717, 1.165) is 12.1 Å². The molecule has 0 bridgehead atoms. The Morgan fingerprint density at radius 1 is 1.10 bits per heavy atom. The van der Waals surface area contributed by atoms with Gasteiger partial charge in [0.05, 0.1) is 11.3 Å². The van der Waals surface area contributed by atoms with Crippen LogP contribution in [0.3, 0.4) is 0 Å². The summed E-state index contributed by atoms with van der Waals surface area (Å²) in [6.07, 6.45) is 0. The van der Waals surface area contributed by atoms with E-state index in [1.165, 1.54) is 25.1 Å². The fourth-order valence-corrected chi connectivity index (χ4v) is 1.73. The fraction of sp³-hybridized carbons (Fsp3) is 0.0667. The Bertz CT molecular complexity index is 676. The average Bonchev–Trinajstić information content (AvgIpc) is 2.45. The molecule has 0 saturated carbocycles. The highest BCUT2D eigenvalue weighted by Crippen LogP contribution is 2.13. The maximum Gasteiger partial charge on any atom is 0.271 e. The summed E-state index contributed by atoms with van der Waals surface area (Å²) in [6.45, 7) is 1.41. The van der Waals surface area contributed by atoms with Gasteiger partial charge in [0.25, 0.3) is 5.91 Å². The van der Waals surface area contributed by atoms with Gasteiger partial charge in [-0.15, -0.1) is 0 Å². The first-order chi connectivity index (χ1) is 9.99. The van der Waals surface area contributed by atoms with Gasteiger partial charge in [0.15, 0.2) is 0 Å². The molecule has 0 atom stereocenters. The fourth-order valence-electron chi connectivity index (χ4n) is 1.73. The topological polar surface area (TPSA) is 67.5 Å². The number of nitrogens with zero attached hydrogens (tertiary/aromatic N) is 1. The van der Waals surface area contributed by atoms with Crippen LogP contribution in [0, 0.1) is 11.6 Å². The number of rotatable bonds is 3. The summed E-state index contributed by atoms with van der Waals surface area (Å²) in [4.78, 5) is 11.8. The first-order valence-electron chi connectivity index (χ1n) is 6.13. The van der Waals surface area contributed by atoms with Crippen molar-refractivity contribution < 1.29 is 13.6 Å². The van der Waals surface area contributed by atoms with Crippen molar-refractivity contribution in [1.29, 1.82) is 0 Å². The number of carbonyl (C=O) groups excluding carboxylic acids is 1. The number of amides is 1. The summed E-state index contributed by atoms with van der Waals surface area (Å²) >= 11 is 0. The van der Waals surface area contributed by atoms with Crippen molar-refractivity contribution in [2.75, 3.05) is 5.73 Å². The summed E-state index contributed by atoms with van der Waals surface area (Å²) < 4.78 is 27.1. The Morgan fingerprint density at radius 3 is 2.24 bits per heavy atom. The van der Waals surface area contributed by atoms with Crippen LogP contribution in [0.25, 0.3) is 0 Å². The molecule has 1 amide bonds. The van der Waals surface area contributed by atoms with E-state index in [9.17, 15) is 13.6 Å². The molecule has 0 aliphatic heterocycles. The van der Waals surface area contributed by atoms with Crippen molar-refractivity contribution in [2.45, 2.75) is 6.92 Å². The highest BCUT2D eigenvalue weighted by atomic mass is 19.1. The summed E-state index contributed by atoms with van der Waals surface area (Å²) in [5, 5.41) is 3.72. The normalized spacial score (nSPS) is 11.3. The standard InChI is InChI=1S/C15H13F2N3O/c1-9(14-12(16)3-2-4-13(14)17)19-20-15(21)10-5-7-11(18)8-6-10/h2-8H,18H2,1H3,(H,20,21)/b19-9-. The number of hydrogen-bond donors (Lipinski definition) is 2. The van der Waals surface area contributed by atoms with Gasteiger partial charge in [-0.2, -0.15) is 5.10 Å². The molecule has 0 spiro atoms. The second-order valence-electron chi connectivity index (χ2n) is 4.36. The van der Waals surface area contributed by atoms with Crippen molar-refractivity contribution >= 4 is 17.3 Å². The Balaban J connectivity index is 2.17. The molecule has 0 saturated heterocycles. The molecular weight excluding hydrogens is 276 g/mol. The summed E-state index contributed by atoms with van der Waals surface area (Å²) in [5.74, 6) is -1.97. The third kappa shape index (κ3) is 3.42. The monoisotopic (exact) mass is 289 g/mol. The number of hydrogen-bond acceptors (Lipinski definition) is 3. The maximum absolute atomic E-state index is 13.5. The van der Waals surface area contributed by atoms with Crippen molar-refractivity contribution in [1.82, 2.24) is 5.43 Å². The Labute approximate surface area is 120 Å². The molecule has 4 nitrogen and oxygen atoms in total. The summed E-state index contributed by atoms with van der Waals surface area (Å²) in [6, 6.07) is 9.70. The van der Waals surface area contributed by atoms with Crippen LogP contribution in [0.2, 0.25) is 0 Å². The van der Waals surface area contributed by atoms with Crippen molar-refractivity contribution in [3.05, 3.63) is 65.2 Å². The van der Waals surface area contributed by atoms with Gasteiger partial charge in [0.1, 0.15) is 11.6 Å². The predicted octanol–water partition coefficient (Wildman–Crippen LogP) is 2.70. The van der Waals surface area contributed by atoms with Gasteiger partial charge in [-0.05, 0) is 43.3 Å². The Kier molecular flexibility index (Phi) is 4.27. The van der Waals surface area contributed by atoms with E-state index in [1.807, 2.05) is 0 Å². The number of anilines is 1. The van der Waals surface area contributed by atoms with Crippen LogP contribution < -0.4 is 11.2 Å². The molecule has 2 aromatic rings. The van der Waals surface area contributed by atoms with Crippen LogP contribution in [0.15, 0.2) is 47.6 Å².